The van der Waals surface area contributed by atoms with Crippen molar-refractivity contribution in [3.8, 4) is 0 Å². The summed E-state index contributed by atoms with van der Waals surface area (Å²) in [5, 5.41) is 14.9. The zero-order valence-corrected chi connectivity index (χ0v) is 8.39. The smallest absolute Gasteiger partial charge is 0.349 e. The number of rotatable bonds is 3. The molecule has 82 valence electrons. The molecule has 0 bridgehead atoms. The second kappa shape index (κ2) is 3.99. The van der Waals surface area contributed by atoms with Crippen LogP contribution in [0.3, 0.4) is 0 Å². The van der Waals surface area contributed by atoms with Gasteiger partial charge in [-0.3, -0.25) is 0 Å². The SMILES string of the molecule is Cc1cn(C(NC(N)=O)C(=O)O)nc1C. The van der Waals surface area contributed by atoms with E-state index in [-0.39, 0.29) is 0 Å². The summed E-state index contributed by atoms with van der Waals surface area (Å²) in [6, 6.07) is -0.909. The van der Waals surface area contributed by atoms with Crippen LogP contribution in [-0.4, -0.2) is 26.9 Å². The van der Waals surface area contributed by atoms with Crippen LogP contribution in [0.4, 0.5) is 4.79 Å². The van der Waals surface area contributed by atoms with Crippen LogP contribution in [0.5, 0.6) is 0 Å². The normalized spacial score (nSPS) is 12.1. The third-order valence-electron chi connectivity index (χ3n) is 1.94. The second-order valence-corrected chi connectivity index (χ2v) is 3.13. The number of carboxylic acids is 1. The van der Waals surface area contributed by atoms with Gasteiger partial charge in [0.15, 0.2) is 0 Å². The number of amides is 2. The van der Waals surface area contributed by atoms with Crippen molar-refractivity contribution >= 4 is 12.0 Å². The number of primary amides is 1. The lowest BCUT2D eigenvalue weighted by Crippen LogP contribution is -2.40. The summed E-state index contributed by atoms with van der Waals surface area (Å²) in [5.74, 6) is -1.23. The first kappa shape index (κ1) is 11.0. The fourth-order valence-electron chi connectivity index (χ4n) is 1.08. The monoisotopic (exact) mass is 212 g/mol. The minimum atomic E-state index is -1.27. The number of carbonyl (C=O) groups excluding carboxylic acids is 1. The van der Waals surface area contributed by atoms with Crippen LogP contribution in [0.15, 0.2) is 6.20 Å². The molecule has 0 spiro atoms. The van der Waals surface area contributed by atoms with E-state index in [9.17, 15) is 9.59 Å². The number of nitrogens with two attached hydrogens (primary N) is 1. The summed E-state index contributed by atoms with van der Waals surface area (Å²) < 4.78 is 1.15. The number of aryl methyl sites for hydroxylation is 2. The lowest BCUT2D eigenvalue weighted by molar-refractivity contribution is -0.141. The quantitative estimate of drug-likeness (QED) is 0.641. The highest BCUT2D eigenvalue weighted by molar-refractivity contribution is 5.79. The van der Waals surface area contributed by atoms with Gasteiger partial charge in [0.2, 0.25) is 6.17 Å². The average molecular weight is 212 g/mol. The van der Waals surface area contributed by atoms with Crippen molar-refractivity contribution < 1.29 is 14.7 Å². The van der Waals surface area contributed by atoms with E-state index in [2.05, 4.69) is 10.4 Å². The minimum Gasteiger partial charge on any atom is -0.478 e. The Hall–Kier alpha value is -2.05. The van der Waals surface area contributed by atoms with Gasteiger partial charge in [-0.2, -0.15) is 5.10 Å². The molecular formula is C8H12N4O3. The zero-order chi connectivity index (χ0) is 11.6. The summed E-state index contributed by atoms with van der Waals surface area (Å²) in [5.41, 5.74) is 6.40. The Kier molecular flexibility index (Phi) is 2.93. The zero-order valence-electron chi connectivity index (χ0n) is 8.39. The van der Waals surface area contributed by atoms with Crippen LogP contribution >= 0.6 is 0 Å². The van der Waals surface area contributed by atoms with Crippen molar-refractivity contribution in [3.63, 3.8) is 0 Å². The maximum absolute atomic E-state index is 10.8. The number of carboxylic acid groups (broad SMARTS) is 1. The van der Waals surface area contributed by atoms with Gasteiger partial charge in [-0.05, 0) is 19.4 Å². The number of nitrogens with one attached hydrogen (secondary N) is 1. The molecule has 1 rings (SSSR count). The van der Waals surface area contributed by atoms with Crippen molar-refractivity contribution in [2.45, 2.75) is 20.0 Å². The van der Waals surface area contributed by atoms with E-state index in [1.807, 2.05) is 0 Å². The summed E-state index contributed by atoms with van der Waals surface area (Å²) in [7, 11) is 0. The van der Waals surface area contributed by atoms with E-state index in [4.69, 9.17) is 10.8 Å². The molecule has 7 heteroatoms. The topological polar surface area (TPSA) is 110 Å². The highest BCUT2D eigenvalue weighted by Gasteiger charge is 2.21. The first-order valence-corrected chi connectivity index (χ1v) is 4.23. The molecule has 15 heavy (non-hydrogen) atoms. The number of nitrogens with zero attached hydrogens (tertiary/aromatic N) is 2. The van der Waals surface area contributed by atoms with E-state index in [1.54, 1.807) is 13.8 Å². The van der Waals surface area contributed by atoms with Crippen molar-refractivity contribution in [1.82, 2.24) is 15.1 Å². The molecule has 1 unspecified atom stereocenters. The van der Waals surface area contributed by atoms with Crippen LogP contribution in [0.2, 0.25) is 0 Å². The van der Waals surface area contributed by atoms with Gasteiger partial charge in [0.1, 0.15) is 0 Å². The molecule has 0 fully saturated rings. The number of hydrogen-bond donors (Lipinski definition) is 3. The number of aliphatic carboxylic acids is 1. The molecule has 0 aromatic carbocycles. The lowest BCUT2D eigenvalue weighted by Gasteiger charge is -2.12. The number of hydrogen-bond acceptors (Lipinski definition) is 3. The molecule has 0 aliphatic heterocycles. The van der Waals surface area contributed by atoms with Gasteiger partial charge in [0.25, 0.3) is 0 Å². The summed E-state index contributed by atoms with van der Waals surface area (Å²) >= 11 is 0. The third-order valence-corrected chi connectivity index (χ3v) is 1.94. The first-order chi connectivity index (χ1) is 6.91. The molecule has 0 radical (unpaired) electrons. The van der Waals surface area contributed by atoms with Crippen LogP contribution < -0.4 is 11.1 Å². The Morgan fingerprint density at radius 2 is 2.20 bits per heavy atom. The molecule has 0 saturated heterocycles. The maximum atomic E-state index is 10.8. The Bertz CT molecular complexity index is 379. The third kappa shape index (κ3) is 2.46. The molecule has 1 aromatic rings. The fraction of sp³-hybridized carbons (Fsp3) is 0.375. The van der Waals surface area contributed by atoms with Gasteiger partial charge in [-0.15, -0.1) is 0 Å². The Morgan fingerprint density at radius 1 is 1.60 bits per heavy atom. The molecule has 0 saturated carbocycles. The Balaban J connectivity index is 2.99. The second-order valence-electron chi connectivity index (χ2n) is 3.13. The van der Waals surface area contributed by atoms with E-state index >= 15 is 0 Å². The Labute approximate surface area is 85.9 Å². The molecular weight excluding hydrogens is 200 g/mol. The van der Waals surface area contributed by atoms with Gasteiger partial charge in [0.05, 0.1) is 5.69 Å². The summed E-state index contributed by atoms with van der Waals surface area (Å²) in [4.78, 5) is 21.4. The van der Waals surface area contributed by atoms with E-state index in [0.717, 1.165) is 10.2 Å². The number of aromatic nitrogens is 2. The van der Waals surface area contributed by atoms with Crippen molar-refractivity contribution in [1.29, 1.82) is 0 Å². The number of carbonyl (C=O) groups is 2. The molecule has 1 aromatic heterocycles. The summed E-state index contributed by atoms with van der Waals surface area (Å²) in [6.45, 7) is 3.54. The van der Waals surface area contributed by atoms with Gasteiger partial charge < -0.3 is 16.2 Å². The van der Waals surface area contributed by atoms with Gasteiger partial charge >= 0.3 is 12.0 Å². The van der Waals surface area contributed by atoms with Gasteiger partial charge in [-0.1, -0.05) is 0 Å². The molecule has 1 heterocycles. The van der Waals surface area contributed by atoms with Crippen LogP contribution in [-0.2, 0) is 4.79 Å². The van der Waals surface area contributed by atoms with E-state index in [1.165, 1.54) is 6.20 Å². The van der Waals surface area contributed by atoms with E-state index in [0.29, 0.717) is 5.69 Å². The van der Waals surface area contributed by atoms with Crippen molar-refractivity contribution in [2.24, 2.45) is 5.73 Å². The fourth-order valence-corrected chi connectivity index (χ4v) is 1.08. The van der Waals surface area contributed by atoms with Crippen molar-refractivity contribution in [3.05, 3.63) is 17.5 Å². The predicted octanol–water partition coefficient (Wildman–Crippen LogP) is -0.249. The van der Waals surface area contributed by atoms with Gasteiger partial charge in [-0.25, -0.2) is 14.3 Å². The molecule has 0 aliphatic rings. The molecule has 0 aliphatic carbocycles. The molecule has 7 nitrogen and oxygen atoms in total. The largest absolute Gasteiger partial charge is 0.478 e. The standard InChI is InChI=1S/C8H12N4O3/c1-4-3-12(11-5(4)2)6(7(13)14)10-8(9)15/h3,6H,1-2H3,(H,13,14)(H3,9,10,15). The lowest BCUT2D eigenvalue weighted by atomic mass is 10.3. The average Bonchev–Trinajstić information content (AvgIpc) is 2.42. The van der Waals surface area contributed by atoms with E-state index < -0.39 is 18.2 Å². The van der Waals surface area contributed by atoms with Crippen LogP contribution in [0.25, 0.3) is 0 Å². The van der Waals surface area contributed by atoms with Crippen LogP contribution in [0.1, 0.15) is 17.4 Å². The highest BCUT2D eigenvalue weighted by Crippen LogP contribution is 2.08. The number of urea groups is 1. The maximum Gasteiger partial charge on any atom is 0.349 e. The molecule has 2 amide bonds. The Morgan fingerprint density at radius 3 is 2.53 bits per heavy atom. The highest BCUT2D eigenvalue weighted by atomic mass is 16.4. The first-order valence-electron chi connectivity index (χ1n) is 4.23. The minimum absolute atomic E-state index is 0.701. The van der Waals surface area contributed by atoms with Crippen molar-refractivity contribution in [2.75, 3.05) is 0 Å². The molecule has 1 atom stereocenters. The van der Waals surface area contributed by atoms with Crippen LogP contribution in [0, 0.1) is 13.8 Å². The van der Waals surface area contributed by atoms with Gasteiger partial charge in [0, 0.05) is 6.20 Å². The summed E-state index contributed by atoms with van der Waals surface area (Å²) in [6.07, 6.45) is 0.263. The predicted molar refractivity (Wildman–Crippen MR) is 51.1 cm³/mol. The molecule has 4 N–H and O–H groups in total.